The van der Waals surface area contributed by atoms with E-state index in [4.69, 9.17) is 10.4 Å². The molecule has 0 fully saturated rings. The number of carbonyl (C=O) groups excluding carboxylic acids is 1. The fourth-order valence-corrected chi connectivity index (χ4v) is 0.823. The van der Waals surface area contributed by atoms with E-state index in [1.807, 2.05) is 19.9 Å². The molecule has 1 amide bonds. The number of hydrogen-bond acceptors (Lipinski definition) is 3. The summed E-state index contributed by atoms with van der Waals surface area (Å²) in [4.78, 5) is 11.5. The molecule has 1 unspecified atom stereocenters. The van der Waals surface area contributed by atoms with E-state index in [0.717, 1.165) is 0 Å². The number of amides is 1. The number of rotatable bonds is 4. The Morgan fingerprint density at radius 3 is 2.36 bits per heavy atom. The minimum atomic E-state index is -1.04. The lowest BCUT2D eigenvalue weighted by atomic mass is 9.93. The average Bonchev–Trinajstić information content (AvgIpc) is 2.12. The lowest BCUT2D eigenvalue weighted by molar-refractivity contribution is -0.128. The highest BCUT2D eigenvalue weighted by Gasteiger charge is 2.29. The Kier molecular flexibility index (Phi) is 4.58. The molecule has 0 bridgehead atoms. The molecule has 0 aromatic rings. The topological polar surface area (TPSA) is 73.1 Å². The van der Waals surface area contributed by atoms with Gasteiger partial charge in [0.1, 0.15) is 5.41 Å². The zero-order chi connectivity index (χ0) is 11.4. The first-order valence-corrected chi connectivity index (χ1v) is 4.68. The molecule has 0 aromatic carbocycles. The number of aliphatic hydroxyl groups excluding tert-OH is 1. The first-order valence-electron chi connectivity index (χ1n) is 4.68. The predicted octanol–water partition coefficient (Wildman–Crippen LogP) is 0.669. The van der Waals surface area contributed by atoms with Crippen molar-refractivity contribution in [3.05, 3.63) is 0 Å². The van der Waals surface area contributed by atoms with Crippen LogP contribution in [0.2, 0.25) is 0 Å². The van der Waals surface area contributed by atoms with Crippen molar-refractivity contribution in [2.45, 2.75) is 33.7 Å². The van der Waals surface area contributed by atoms with Gasteiger partial charge in [0.05, 0.1) is 18.7 Å². The molecule has 0 heterocycles. The van der Waals surface area contributed by atoms with Gasteiger partial charge in [-0.2, -0.15) is 5.26 Å². The third-order valence-electron chi connectivity index (χ3n) is 2.17. The van der Waals surface area contributed by atoms with Gasteiger partial charge in [-0.05, 0) is 19.8 Å². The second-order valence-corrected chi connectivity index (χ2v) is 4.24. The Bertz CT molecular complexity index is 241. The number of nitrogens with one attached hydrogen (secondary N) is 1. The molecule has 0 aliphatic carbocycles. The molecule has 80 valence electrons. The molecule has 0 aliphatic rings. The van der Waals surface area contributed by atoms with E-state index < -0.39 is 5.41 Å². The Morgan fingerprint density at radius 2 is 2.07 bits per heavy atom. The summed E-state index contributed by atoms with van der Waals surface area (Å²) in [6, 6.07) is 1.63. The summed E-state index contributed by atoms with van der Waals surface area (Å²) in [5.41, 5.74) is -1.04. The molecule has 0 saturated carbocycles. The normalized spacial score (nSPS) is 13.5. The van der Waals surface area contributed by atoms with E-state index >= 15 is 0 Å². The molecule has 0 spiro atoms. The third kappa shape index (κ3) is 3.35. The smallest absolute Gasteiger partial charge is 0.240 e. The molecule has 0 aliphatic heterocycles. The maximum atomic E-state index is 11.5. The molecular weight excluding hydrogens is 180 g/mol. The van der Waals surface area contributed by atoms with E-state index in [1.54, 1.807) is 13.8 Å². The minimum absolute atomic E-state index is 0.106. The highest BCUT2D eigenvalue weighted by molar-refractivity contribution is 5.84. The van der Waals surface area contributed by atoms with Crippen LogP contribution in [0.15, 0.2) is 0 Å². The summed E-state index contributed by atoms with van der Waals surface area (Å²) in [5.74, 6) is -0.189. The van der Waals surface area contributed by atoms with Crippen LogP contribution in [-0.4, -0.2) is 23.7 Å². The largest absolute Gasteiger partial charge is 0.394 e. The Hall–Kier alpha value is -1.08. The van der Waals surface area contributed by atoms with Crippen LogP contribution in [-0.2, 0) is 4.79 Å². The van der Waals surface area contributed by atoms with Crippen LogP contribution in [0.1, 0.15) is 27.7 Å². The first-order chi connectivity index (χ1) is 6.35. The van der Waals surface area contributed by atoms with Crippen molar-refractivity contribution >= 4 is 5.91 Å². The predicted molar refractivity (Wildman–Crippen MR) is 53.2 cm³/mol. The van der Waals surface area contributed by atoms with E-state index in [9.17, 15) is 4.79 Å². The van der Waals surface area contributed by atoms with E-state index in [0.29, 0.717) is 0 Å². The van der Waals surface area contributed by atoms with Crippen LogP contribution >= 0.6 is 0 Å². The first kappa shape index (κ1) is 12.9. The lowest BCUT2D eigenvalue weighted by Gasteiger charge is -2.23. The summed E-state index contributed by atoms with van der Waals surface area (Å²) >= 11 is 0. The van der Waals surface area contributed by atoms with Gasteiger partial charge in [0.2, 0.25) is 5.91 Å². The van der Waals surface area contributed by atoms with E-state index in [-0.39, 0.29) is 24.5 Å². The van der Waals surface area contributed by atoms with Gasteiger partial charge in [-0.3, -0.25) is 4.79 Å². The van der Waals surface area contributed by atoms with Gasteiger partial charge < -0.3 is 10.4 Å². The third-order valence-corrected chi connectivity index (χ3v) is 2.17. The van der Waals surface area contributed by atoms with Crippen molar-refractivity contribution < 1.29 is 9.90 Å². The zero-order valence-corrected chi connectivity index (χ0v) is 9.16. The van der Waals surface area contributed by atoms with Gasteiger partial charge in [-0.25, -0.2) is 0 Å². The van der Waals surface area contributed by atoms with Crippen molar-refractivity contribution in [1.82, 2.24) is 5.32 Å². The Labute approximate surface area is 84.9 Å². The fourth-order valence-electron chi connectivity index (χ4n) is 0.823. The molecule has 1 atom stereocenters. The molecule has 0 aromatic heterocycles. The summed E-state index contributed by atoms with van der Waals surface area (Å²) in [6.07, 6.45) is 0. The van der Waals surface area contributed by atoms with Gasteiger partial charge in [-0.1, -0.05) is 13.8 Å². The monoisotopic (exact) mass is 198 g/mol. The standard InChI is InChI=1S/C10H18N2O2/c1-7(2)8(5-13)12-9(14)10(3,4)6-11/h7-8,13H,5H2,1-4H3,(H,12,14). The lowest BCUT2D eigenvalue weighted by Crippen LogP contribution is -2.46. The van der Waals surface area contributed by atoms with Crippen LogP contribution in [0.5, 0.6) is 0 Å². The molecule has 4 nitrogen and oxygen atoms in total. The molecular formula is C10H18N2O2. The van der Waals surface area contributed by atoms with Gasteiger partial charge in [-0.15, -0.1) is 0 Å². The minimum Gasteiger partial charge on any atom is -0.394 e. The molecule has 2 N–H and O–H groups in total. The van der Waals surface area contributed by atoms with Crippen molar-refractivity contribution in [3.63, 3.8) is 0 Å². The number of hydrogen-bond donors (Lipinski definition) is 2. The Morgan fingerprint density at radius 1 is 1.57 bits per heavy atom. The van der Waals surface area contributed by atoms with Crippen LogP contribution in [0.25, 0.3) is 0 Å². The SMILES string of the molecule is CC(C)C(CO)NC(=O)C(C)(C)C#N. The fraction of sp³-hybridized carbons (Fsp3) is 0.800. The van der Waals surface area contributed by atoms with Gasteiger partial charge in [0, 0.05) is 0 Å². The summed E-state index contributed by atoms with van der Waals surface area (Å²) in [7, 11) is 0. The highest BCUT2D eigenvalue weighted by atomic mass is 16.3. The van der Waals surface area contributed by atoms with Crippen molar-refractivity contribution in [1.29, 1.82) is 5.26 Å². The number of carbonyl (C=O) groups is 1. The van der Waals surface area contributed by atoms with Crippen LogP contribution in [0.3, 0.4) is 0 Å². The van der Waals surface area contributed by atoms with Gasteiger partial charge >= 0.3 is 0 Å². The Balaban J connectivity index is 4.39. The molecule has 0 rings (SSSR count). The molecule has 4 heteroatoms. The van der Waals surface area contributed by atoms with E-state index in [1.165, 1.54) is 0 Å². The van der Waals surface area contributed by atoms with Gasteiger partial charge in [0.25, 0.3) is 0 Å². The molecule has 0 radical (unpaired) electrons. The number of aliphatic hydroxyl groups is 1. The molecule has 14 heavy (non-hydrogen) atoms. The van der Waals surface area contributed by atoms with Crippen molar-refractivity contribution in [2.24, 2.45) is 11.3 Å². The molecule has 0 saturated heterocycles. The van der Waals surface area contributed by atoms with Crippen molar-refractivity contribution in [3.8, 4) is 6.07 Å². The van der Waals surface area contributed by atoms with Crippen molar-refractivity contribution in [2.75, 3.05) is 6.61 Å². The number of nitriles is 1. The van der Waals surface area contributed by atoms with Crippen LogP contribution in [0, 0.1) is 22.7 Å². The second kappa shape index (κ2) is 4.97. The number of nitrogens with zero attached hydrogens (tertiary/aromatic N) is 1. The zero-order valence-electron chi connectivity index (χ0n) is 9.16. The summed E-state index contributed by atoms with van der Waals surface area (Å²) in [5, 5.41) is 20.3. The maximum Gasteiger partial charge on any atom is 0.240 e. The second-order valence-electron chi connectivity index (χ2n) is 4.24. The average molecular weight is 198 g/mol. The quantitative estimate of drug-likeness (QED) is 0.697. The van der Waals surface area contributed by atoms with Crippen LogP contribution in [0.4, 0.5) is 0 Å². The summed E-state index contributed by atoms with van der Waals surface area (Å²) < 4.78 is 0. The highest BCUT2D eigenvalue weighted by Crippen LogP contribution is 2.14. The maximum absolute atomic E-state index is 11.5. The van der Waals surface area contributed by atoms with E-state index in [2.05, 4.69) is 5.32 Å². The van der Waals surface area contributed by atoms with Crippen LogP contribution < -0.4 is 5.32 Å². The van der Waals surface area contributed by atoms with Gasteiger partial charge in [0.15, 0.2) is 0 Å². The summed E-state index contributed by atoms with van der Waals surface area (Å²) in [6.45, 7) is 6.81.